The number of carbonyl (C=O) groups excluding carboxylic acids is 3. The molecule has 2 amide bonds. The molecule has 0 aliphatic carbocycles. The first-order chi connectivity index (χ1) is 19.7. The number of fused-ring (bicyclic) bond motifs is 1. The van der Waals surface area contributed by atoms with Crippen LogP contribution in [0.4, 0.5) is 0 Å². The highest BCUT2D eigenvalue weighted by Gasteiger charge is 2.53. The van der Waals surface area contributed by atoms with Crippen LogP contribution < -0.4 is 10.1 Å². The maximum atomic E-state index is 13.1. The third-order valence-electron chi connectivity index (χ3n) is 7.48. The maximum Gasteiger partial charge on any atom is 0.251 e. The van der Waals surface area contributed by atoms with Crippen molar-refractivity contribution >= 4 is 27.6 Å². The Morgan fingerprint density at radius 1 is 1.05 bits per heavy atom. The van der Waals surface area contributed by atoms with E-state index in [1.54, 1.807) is 24.3 Å². The van der Waals surface area contributed by atoms with E-state index in [1.807, 2.05) is 37.3 Å². The summed E-state index contributed by atoms with van der Waals surface area (Å²) < 4.78 is 33.2. The molecule has 2 aliphatic heterocycles. The molecule has 3 heterocycles. The normalized spacial score (nSPS) is 19.5. The van der Waals surface area contributed by atoms with E-state index in [-0.39, 0.29) is 41.4 Å². The highest BCUT2D eigenvalue weighted by molar-refractivity contribution is 7.89. The highest BCUT2D eigenvalue weighted by atomic mass is 32.2. The summed E-state index contributed by atoms with van der Waals surface area (Å²) in [6.07, 6.45) is 3.93. The summed E-state index contributed by atoms with van der Waals surface area (Å²) in [6.45, 7) is 2.38. The Morgan fingerprint density at radius 3 is 2.49 bits per heavy atom. The summed E-state index contributed by atoms with van der Waals surface area (Å²) in [4.78, 5) is 44.0. The number of sulfonamides is 1. The molecule has 1 N–H and O–H groups in total. The van der Waals surface area contributed by atoms with E-state index in [4.69, 9.17) is 4.74 Å². The van der Waals surface area contributed by atoms with Crippen molar-refractivity contribution in [2.24, 2.45) is 5.92 Å². The molecule has 2 fully saturated rings. The lowest BCUT2D eigenvalue weighted by molar-refractivity contribution is -0.137. The minimum absolute atomic E-state index is 0.0327. The summed E-state index contributed by atoms with van der Waals surface area (Å²) in [5, 5.41) is 2.89. The predicted octanol–water partition coefficient (Wildman–Crippen LogP) is 3.26. The maximum absolute atomic E-state index is 13.1. The fourth-order valence-electron chi connectivity index (χ4n) is 5.36. The van der Waals surface area contributed by atoms with Crippen LogP contribution >= 0.6 is 0 Å². The molecule has 2 aliphatic rings. The van der Waals surface area contributed by atoms with Gasteiger partial charge < -0.3 is 15.0 Å². The molecule has 3 aromatic rings. The van der Waals surface area contributed by atoms with E-state index in [0.29, 0.717) is 43.0 Å². The predicted molar refractivity (Wildman–Crippen MR) is 151 cm³/mol. The van der Waals surface area contributed by atoms with Gasteiger partial charge in [0.1, 0.15) is 22.4 Å². The van der Waals surface area contributed by atoms with Crippen molar-refractivity contribution < 1.29 is 27.5 Å². The number of para-hydroxylation sites is 1. The Hall–Kier alpha value is -4.09. The van der Waals surface area contributed by atoms with Crippen molar-refractivity contribution in [3.63, 3.8) is 0 Å². The first-order valence-electron chi connectivity index (χ1n) is 13.6. The lowest BCUT2D eigenvalue weighted by atomic mass is 10.0. The van der Waals surface area contributed by atoms with Gasteiger partial charge in [0, 0.05) is 37.5 Å². The Kier molecular flexibility index (Phi) is 8.46. The molecule has 1 aromatic heterocycles. The minimum atomic E-state index is -3.89. The van der Waals surface area contributed by atoms with E-state index in [0.717, 1.165) is 0 Å². The number of hydrogen-bond donors (Lipinski definition) is 1. The third-order valence-corrected chi connectivity index (χ3v) is 9.33. The van der Waals surface area contributed by atoms with E-state index < -0.39 is 22.1 Å². The second kappa shape index (κ2) is 12.2. The van der Waals surface area contributed by atoms with E-state index in [1.165, 1.54) is 33.7 Å². The topological polar surface area (TPSA) is 126 Å². The number of likely N-dealkylation sites (tertiary alicyclic amines) is 1. The van der Waals surface area contributed by atoms with Gasteiger partial charge in [-0.15, -0.1) is 0 Å². The monoisotopic (exact) mass is 576 g/mol. The summed E-state index contributed by atoms with van der Waals surface area (Å²) in [5.41, 5.74) is 0.503. The number of nitrogens with one attached hydrogen (secondary N) is 1. The zero-order valence-electron chi connectivity index (χ0n) is 22.7. The fourth-order valence-corrected chi connectivity index (χ4v) is 6.95. The van der Waals surface area contributed by atoms with Gasteiger partial charge in [-0.3, -0.25) is 19.4 Å². The first kappa shape index (κ1) is 28.4. The molecule has 214 valence electrons. The van der Waals surface area contributed by atoms with Crippen LogP contribution in [-0.2, 0) is 19.6 Å². The van der Waals surface area contributed by atoms with Gasteiger partial charge in [-0.1, -0.05) is 25.1 Å². The second-order valence-corrected chi connectivity index (χ2v) is 12.3. The molecule has 0 spiro atoms. The molecule has 41 heavy (non-hydrogen) atoms. The van der Waals surface area contributed by atoms with Gasteiger partial charge in [0.2, 0.25) is 15.9 Å². The molecular weight excluding hydrogens is 544 g/mol. The first-order valence-corrected chi connectivity index (χ1v) is 15.0. The molecule has 3 unspecified atom stereocenters. The Morgan fingerprint density at radius 2 is 1.78 bits per heavy atom. The molecule has 0 bridgehead atoms. The molecule has 0 saturated carbocycles. The van der Waals surface area contributed by atoms with E-state index in [9.17, 15) is 22.8 Å². The average molecular weight is 577 g/mol. The van der Waals surface area contributed by atoms with Gasteiger partial charge in [0.05, 0.1) is 12.6 Å². The quantitative estimate of drug-likeness (QED) is 0.393. The summed E-state index contributed by atoms with van der Waals surface area (Å²) in [7, 11) is -3.89. The van der Waals surface area contributed by atoms with Crippen LogP contribution in [0.1, 0.15) is 36.5 Å². The zero-order valence-corrected chi connectivity index (χ0v) is 23.5. The van der Waals surface area contributed by atoms with Gasteiger partial charge >= 0.3 is 0 Å². The standard InChI is InChI=1S/C30H32N4O6S/c1-21(13-16-32-30(37)22-9-11-24(12-10-22)40-23-6-3-2-4-7-23)18-28(36)33-17-14-26-29(33)27(35)20-34(26)41(38,39)25-8-5-15-31-19-25/h2-12,15,19,21,26,29H,13-14,16-18,20H2,1H3,(H,32,37). The molecule has 3 atom stereocenters. The van der Waals surface area contributed by atoms with E-state index >= 15 is 0 Å². The SMILES string of the molecule is CC(CCNC(=O)c1ccc(Oc2ccccc2)cc1)CC(=O)N1CCC2C1C(=O)CN2S(=O)(=O)c1cccnc1. The fraction of sp³-hybridized carbons (Fsp3) is 0.333. The van der Waals surface area contributed by atoms with Crippen LogP contribution in [0.25, 0.3) is 0 Å². The number of benzene rings is 2. The lowest BCUT2D eigenvalue weighted by Gasteiger charge is -2.25. The second-order valence-electron chi connectivity index (χ2n) is 10.4. The van der Waals surface area contributed by atoms with Crippen LogP contribution in [0.15, 0.2) is 84.0 Å². The average Bonchev–Trinajstić information content (AvgIpc) is 3.56. The van der Waals surface area contributed by atoms with Crippen molar-refractivity contribution in [2.75, 3.05) is 19.6 Å². The lowest BCUT2D eigenvalue weighted by Crippen LogP contribution is -2.44. The van der Waals surface area contributed by atoms with Crippen molar-refractivity contribution in [3.8, 4) is 11.5 Å². The largest absolute Gasteiger partial charge is 0.457 e. The number of hydrogen-bond acceptors (Lipinski definition) is 7. The van der Waals surface area contributed by atoms with Crippen molar-refractivity contribution in [1.82, 2.24) is 19.5 Å². The third kappa shape index (κ3) is 6.31. The van der Waals surface area contributed by atoms with Crippen molar-refractivity contribution in [3.05, 3.63) is 84.7 Å². The zero-order chi connectivity index (χ0) is 29.0. The Balaban J connectivity index is 1.09. The van der Waals surface area contributed by atoms with Crippen LogP contribution in [0, 0.1) is 5.92 Å². The van der Waals surface area contributed by atoms with Crippen molar-refractivity contribution in [2.45, 2.75) is 43.2 Å². The number of amides is 2. The minimum Gasteiger partial charge on any atom is -0.457 e. The molecule has 10 nitrogen and oxygen atoms in total. The molecular formula is C30H32N4O6S. The number of pyridine rings is 1. The number of carbonyl (C=O) groups is 3. The molecule has 2 aromatic carbocycles. The summed E-state index contributed by atoms with van der Waals surface area (Å²) >= 11 is 0. The van der Waals surface area contributed by atoms with Crippen LogP contribution in [0.5, 0.6) is 11.5 Å². The van der Waals surface area contributed by atoms with Crippen LogP contribution in [0.3, 0.4) is 0 Å². The Bertz CT molecular complexity index is 1500. The van der Waals surface area contributed by atoms with Gasteiger partial charge in [-0.25, -0.2) is 8.42 Å². The van der Waals surface area contributed by atoms with Gasteiger partial charge in [-0.05, 0) is 67.3 Å². The number of ether oxygens (including phenoxy) is 1. The molecule has 0 radical (unpaired) electrons. The number of ketones is 1. The smallest absolute Gasteiger partial charge is 0.251 e. The van der Waals surface area contributed by atoms with Crippen molar-refractivity contribution in [1.29, 1.82) is 0 Å². The number of rotatable bonds is 10. The van der Waals surface area contributed by atoms with Crippen LogP contribution in [0.2, 0.25) is 0 Å². The Labute approximate surface area is 239 Å². The van der Waals surface area contributed by atoms with E-state index in [2.05, 4.69) is 10.3 Å². The number of nitrogens with zero attached hydrogens (tertiary/aromatic N) is 3. The van der Waals surface area contributed by atoms with Gasteiger partial charge in [-0.2, -0.15) is 4.31 Å². The number of Topliss-reactive ketones (excluding diaryl/α,β-unsaturated/α-hetero) is 1. The van der Waals surface area contributed by atoms with Gasteiger partial charge in [0.25, 0.3) is 5.91 Å². The molecule has 2 saturated heterocycles. The summed E-state index contributed by atoms with van der Waals surface area (Å²) in [6, 6.07) is 17.9. The molecule has 11 heteroatoms. The highest BCUT2D eigenvalue weighted by Crippen LogP contribution is 2.34. The number of aromatic nitrogens is 1. The molecule has 5 rings (SSSR count). The van der Waals surface area contributed by atoms with Crippen LogP contribution in [-0.4, -0.2) is 71.9 Å². The van der Waals surface area contributed by atoms with Gasteiger partial charge in [0.15, 0.2) is 5.78 Å². The summed E-state index contributed by atoms with van der Waals surface area (Å²) in [5.74, 6) is 0.622.